The third-order valence-electron chi connectivity index (χ3n) is 4.09. The van der Waals surface area contributed by atoms with Crippen LogP contribution in [0.15, 0.2) is 24.3 Å². The van der Waals surface area contributed by atoms with Gasteiger partial charge in [0.25, 0.3) is 0 Å². The summed E-state index contributed by atoms with van der Waals surface area (Å²) in [5.41, 5.74) is 2.95. The number of piperazine rings is 1. The largest absolute Gasteiger partial charge is 0.314 e. The highest BCUT2D eigenvalue weighted by atomic mass is 15.2. The first-order chi connectivity index (χ1) is 8.79. The van der Waals surface area contributed by atoms with Crippen LogP contribution >= 0.6 is 0 Å². The molecule has 1 aromatic carbocycles. The summed E-state index contributed by atoms with van der Waals surface area (Å²) in [5, 5.41) is 3.40. The van der Waals surface area contributed by atoms with Crippen molar-refractivity contribution in [3.8, 4) is 0 Å². The van der Waals surface area contributed by atoms with Crippen molar-refractivity contribution >= 4 is 0 Å². The number of nitrogens with zero attached hydrogens (tertiary/aromatic N) is 1. The molecule has 0 bridgehead atoms. The van der Waals surface area contributed by atoms with Crippen LogP contribution in [0.25, 0.3) is 0 Å². The van der Waals surface area contributed by atoms with Crippen LogP contribution in [0.1, 0.15) is 37.3 Å². The number of rotatable bonds is 5. The molecule has 1 saturated heterocycles. The number of nitrogens with one attached hydrogen (secondary N) is 1. The molecule has 0 saturated carbocycles. The summed E-state index contributed by atoms with van der Waals surface area (Å²) in [6.45, 7) is 10.4. The summed E-state index contributed by atoms with van der Waals surface area (Å²) in [7, 11) is 0. The van der Waals surface area contributed by atoms with Gasteiger partial charge < -0.3 is 10.2 Å². The first-order valence-electron chi connectivity index (χ1n) is 7.31. The van der Waals surface area contributed by atoms with Gasteiger partial charge in [0.05, 0.1) is 0 Å². The molecule has 18 heavy (non-hydrogen) atoms. The first kappa shape index (κ1) is 13.6. The van der Waals surface area contributed by atoms with Gasteiger partial charge in [0.15, 0.2) is 0 Å². The lowest BCUT2D eigenvalue weighted by Gasteiger charge is -2.27. The third-order valence-corrected chi connectivity index (χ3v) is 4.09. The smallest absolute Gasteiger partial charge is 0.0108 e. The summed E-state index contributed by atoms with van der Waals surface area (Å²) in [4.78, 5) is 2.55. The fourth-order valence-electron chi connectivity index (χ4n) is 2.47. The second-order valence-corrected chi connectivity index (χ2v) is 5.39. The van der Waals surface area contributed by atoms with Gasteiger partial charge in [-0.3, -0.25) is 0 Å². The highest BCUT2D eigenvalue weighted by molar-refractivity contribution is 5.25. The minimum atomic E-state index is 0.687. The Morgan fingerprint density at radius 3 is 2.44 bits per heavy atom. The van der Waals surface area contributed by atoms with Crippen molar-refractivity contribution in [3.05, 3.63) is 35.4 Å². The van der Waals surface area contributed by atoms with Gasteiger partial charge in [-0.05, 0) is 29.9 Å². The van der Waals surface area contributed by atoms with Gasteiger partial charge in [-0.2, -0.15) is 0 Å². The van der Waals surface area contributed by atoms with Gasteiger partial charge in [-0.1, -0.05) is 38.1 Å². The van der Waals surface area contributed by atoms with Gasteiger partial charge >= 0.3 is 0 Å². The number of hydrogen-bond donors (Lipinski definition) is 1. The molecule has 0 spiro atoms. The Balaban J connectivity index is 1.82. The Hall–Kier alpha value is -0.860. The van der Waals surface area contributed by atoms with Gasteiger partial charge in [0.1, 0.15) is 0 Å². The summed E-state index contributed by atoms with van der Waals surface area (Å²) >= 11 is 0. The molecule has 0 aromatic heterocycles. The molecule has 1 aliphatic rings. The first-order valence-corrected chi connectivity index (χ1v) is 7.31. The minimum Gasteiger partial charge on any atom is -0.314 e. The summed E-state index contributed by atoms with van der Waals surface area (Å²) in [6.07, 6.45) is 2.40. The van der Waals surface area contributed by atoms with Crippen LogP contribution in [0.4, 0.5) is 0 Å². The van der Waals surface area contributed by atoms with Crippen LogP contribution in [-0.2, 0) is 6.42 Å². The average Bonchev–Trinajstić information content (AvgIpc) is 2.46. The van der Waals surface area contributed by atoms with Gasteiger partial charge in [0, 0.05) is 32.7 Å². The van der Waals surface area contributed by atoms with Crippen LogP contribution < -0.4 is 5.32 Å². The van der Waals surface area contributed by atoms with Crippen molar-refractivity contribution in [1.29, 1.82) is 0 Å². The van der Waals surface area contributed by atoms with Crippen molar-refractivity contribution in [2.45, 2.75) is 32.6 Å². The maximum Gasteiger partial charge on any atom is 0.0108 e. The molecule has 2 rings (SSSR count). The molecule has 1 aromatic rings. The maximum absolute atomic E-state index is 3.40. The molecule has 2 nitrogen and oxygen atoms in total. The Bertz CT molecular complexity index is 339. The van der Waals surface area contributed by atoms with Crippen LogP contribution in [0.3, 0.4) is 0 Å². The van der Waals surface area contributed by atoms with E-state index in [1.807, 2.05) is 0 Å². The van der Waals surface area contributed by atoms with E-state index in [4.69, 9.17) is 0 Å². The van der Waals surface area contributed by atoms with E-state index in [1.165, 1.54) is 43.6 Å². The normalized spacial score (nSPS) is 18.8. The Kier molecular flexibility index (Phi) is 5.21. The van der Waals surface area contributed by atoms with E-state index in [0.717, 1.165) is 13.1 Å². The molecule has 1 N–H and O–H groups in total. The van der Waals surface area contributed by atoms with E-state index < -0.39 is 0 Å². The fourth-order valence-corrected chi connectivity index (χ4v) is 2.47. The van der Waals surface area contributed by atoms with Crippen molar-refractivity contribution in [2.75, 3.05) is 32.7 Å². The van der Waals surface area contributed by atoms with Gasteiger partial charge in [-0.25, -0.2) is 0 Å². The molecule has 100 valence electrons. The molecule has 1 fully saturated rings. The Labute approximate surface area is 111 Å². The Morgan fingerprint density at radius 1 is 1.17 bits per heavy atom. The number of hydrogen-bond acceptors (Lipinski definition) is 2. The second kappa shape index (κ2) is 6.91. The van der Waals surface area contributed by atoms with Gasteiger partial charge in [-0.15, -0.1) is 0 Å². The quantitative estimate of drug-likeness (QED) is 0.859. The SMILES string of the molecule is CCC(C)c1ccc(CCN2CCNCC2)cc1. The zero-order valence-electron chi connectivity index (χ0n) is 11.8. The molecule has 1 heterocycles. The van der Waals surface area contributed by atoms with E-state index in [-0.39, 0.29) is 0 Å². The van der Waals surface area contributed by atoms with Crippen molar-refractivity contribution in [2.24, 2.45) is 0 Å². The van der Waals surface area contributed by atoms with E-state index in [2.05, 4.69) is 48.3 Å². The molecular formula is C16H26N2. The zero-order valence-corrected chi connectivity index (χ0v) is 11.8. The fraction of sp³-hybridized carbons (Fsp3) is 0.625. The van der Waals surface area contributed by atoms with Crippen LogP contribution in [-0.4, -0.2) is 37.6 Å². The molecule has 0 radical (unpaired) electrons. The molecule has 1 unspecified atom stereocenters. The minimum absolute atomic E-state index is 0.687. The Morgan fingerprint density at radius 2 is 1.83 bits per heavy atom. The summed E-state index contributed by atoms with van der Waals surface area (Å²) in [5.74, 6) is 0.687. The van der Waals surface area contributed by atoms with E-state index in [0.29, 0.717) is 5.92 Å². The molecule has 0 amide bonds. The van der Waals surface area contributed by atoms with Crippen molar-refractivity contribution in [3.63, 3.8) is 0 Å². The lowest BCUT2D eigenvalue weighted by Crippen LogP contribution is -2.44. The van der Waals surface area contributed by atoms with E-state index in [9.17, 15) is 0 Å². The lowest BCUT2D eigenvalue weighted by molar-refractivity contribution is 0.244. The molecule has 1 aliphatic heterocycles. The highest BCUT2D eigenvalue weighted by Gasteiger charge is 2.09. The van der Waals surface area contributed by atoms with Crippen molar-refractivity contribution in [1.82, 2.24) is 10.2 Å². The number of benzene rings is 1. The van der Waals surface area contributed by atoms with Crippen LogP contribution in [0.5, 0.6) is 0 Å². The van der Waals surface area contributed by atoms with Gasteiger partial charge in [0.2, 0.25) is 0 Å². The average molecular weight is 246 g/mol. The maximum atomic E-state index is 3.40. The molecular weight excluding hydrogens is 220 g/mol. The van der Waals surface area contributed by atoms with Crippen molar-refractivity contribution < 1.29 is 0 Å². The predicted molar refractivity (Wildman–Crippen MR) is 78.2 cm³/mol. The predicted octanol–water partition coefficient (Wildman–Crippen LogP) is 2.65. The van der Waals surface area contributed by atoms with E-state index >= 15 is 0 Å². The zero-order chi connectivity index (χ0) is 12.8. The standard InChI is InChI=1S/C16H26N2/c1-3-14(2)16-6-4-15(5-7-16)8-11-18-12-9-17-10-13-18/h4-7,14,17H,3,8-13H2,1-2H3. The molecule has 1 atom stereocenters. The lowest BCUT2D eigenvalue weighted by atomic mass is 9.97. The third kappa shape index (κ3) is 3.82. The topological polar surface area (TPSA) is 15.3 Å². The second-order valence-electron chi connectivity index (χ2n) is 5.39. The highest BCUT2D eigenvalue weighted by Crippen LogP contribution is 2.19. The van der Waals surface area contributed by atoms with Crippen LogP contribution in [0, 0.1) is 0 Å². The van der Waals surface area contributed by atoms with E-state index in [1.54, 1.807) is 0 Å². The molecule has 2 heteroatoms. The summed E-state index contributed by atoms with van der Waals surface area (Å²) in [6, 6.07) is 9.23. The van der Waals surface area contributed by atoms with Crippen LogP contribution in [0.2, 0.25) is 0 Å². The molecule has 0 aliphatic carbocycles. The summed E-state index contributed by atoms with van der Waals surface area (Å²) < 4.78 is 0. The monoisotopic (exact) mass is 246 g/mol.